The number of anilines is 1. The molecule has 3 amide bonds. The molecule has 1 atom stereocenters. The van der Waals surface area contributed by atoms with Gasteiger partial charge in [0, 0.05) is 19.8 Å². The van der Waals surface area contributed by atoms with E-state index in [0.717, 1.165) is 11.0 Å². The standard InChI is InChI=1S/C23H20F3N5O3/c1-13-14(5-4-6-17(13)23(24,25)26)11-31-20(32)15(10-27)12-30(22(31)34)16-7-8-18-19(9-16)29(3)21(33)28(18)2/h4-9,15H,11-12H2,1-3H3. The molecule has 1 aliphatic heterocycles. The molecule has 1 unspecified atom stereocenters. The van der Waals surface area contributed by atoms with Gasteiger partial charge < -0.3 is 0 Å². The van der Waals surface area contributed by atoms with E-state index in [4.69, 9.17) is 0 Å². The van der Waals surface area contributed by atoms with E-state index in [2.05, 4.69) is 0 Å². The van der Waals surface area contributed by atoms with Crippen molar-refractivity contribution in [2.75, 3.05) is 11.4 Å². The summed E-state index contributed by atoms with van der Waals surface area (Å²) in [5.41, 5.74) is 0.471. The number of nitriles is 1. The number of imidazole rings is 1. The van der Waals surface area contributed by atoms with Crippen LogP contribution in [0.25, 0.3) is 11.0 Å². The van der Waals surface area contributed by atoms with Crippen molar-refractivity contribution in [2.24, 2.45) is 20.0 Å². The molecule has 34 heavy (non-hydrogen) atoms. The number of benzene rings is 2. The van der Waals surface area contributed by atoms with Crippen LogP contribution in [0.1, 0.15) is 16.7 Å². The first-order chi connectivity index (χ1) is 16.0. The van der Waals surface area contributed by atoms with Gasteiger partial charge in [0.15, 0.2) is 0 Å². The second kappa shape index (κ2) is 8.06. The molecule has 3 aromatic rings. The summed E-state index contributed by atoms with van der Waals surface area (Å²) in [5.74, 6) is -1.96. The van der Waals surface area contributed by atoms with Gasteiger partial charge in [-0.2, -0.15) is 18.4 Å². The number of nitrogens with zero attached hydrogens (tertiary/aromatic N) is 5. The number of amides is 3. The summed E-state index contributed by atoms with van der Waals surface area (Å²) in [4.78, 5) is 40.4. The number of aromatic nitrogens is 2. The van der Waals surface area contributed by atoms with Crippen LogP contribution in [0.2, 0.25) is 0 Å². The number of imide groups is 1. The average Bonchev–Trinajstić information content (AvgIpc) is 3.00. The maximum absolute atomic E-state index is 13.3. The third-order valence-corrected chi connectivity index (χ3v) is 6.19. The van der Waals surface area contributed by atoms with E-state index in [1.54, 1.807) is 32.3 Å². The Morgan fingerprint density at radius 1 is 1.06 bits per heavy atom. The van der Waals surface area contributed by atoms with E-state index >= 15 is 0 Å². The van der Waals surface area contributed by atoms with Crippen LogP contribution in [-0.4, -0.2) is 32.5 Å². The van der Waals surface area contributed by atoms with Crippen molar-refractivity contribution in [1.82, 2.24) is 14.0 Å². The van der Waals surface area contributed by atoms with E-state index in [0.29, 0.717) is 16.7 Å². The third kappa shape index (κ3) is 3.61. The molecule has 8 nitrogen and oxygen atoms in total. The predicted octanol–water partition coefficient (Wildman–Crippen LogP) is 3.31. The van der Waals surface area contributed by atoms with Gasteiger partial charge in [0.05, 0.1) is 35.8 Å². The van der Waals surface area contributed by atoms with Gasteiger partial charge >= 0.3 is 17.9 Å². The highest BCUT2D eigenvalue weighted by atomic mass is 19.4. The molecule has 0 aliphatic carbocycles. The Morgan fingerprint density at radius 3 is 2.38 bits per heavy atom. The van der Waals surface area contributed by atoms with Crippen LogP contribution in [0.5, 0.6) is 0 Å². The number of aryl methyl sites for hydroxylation is 2. The lowest BCUT2D eigenvalue weighted by Crippen LogP contribution is -2.56. The first-order valence-electron chi connectivity index (χ1n) is 10.3. The number of fused-ring (bicyclic) bond motifs is 1. The first-order valence-corrected chi connectivity index (χ1v) is 10.3. The van der Waals surface area contributed by atoms with Crippen LogP contribution in [0.4, 0.5) is 23.7 Å². The fraction of sp³-hybridized carbons (Fsp3) is 0.304. The van der Waals surface area contributed by atoms with Gasteiger partial charge in [-0.3, -0.25) is 23.7 Å². The van der Waals surface area contributed by atoms with Crippen LogP contribution in [0.15, 0.2) is 41.2 Å². The second-order valence-electron chi connectivity index (χ2n) is 8.16. The Hall–Kier alpha value is -4.07. The summed E-state index contributed by atoms with van der Waals surface area (Å²) in [7, 11) is 3.19. The van der Waals surface area contributed by atoms with Gasteiger partial charge in [0.2, 0.25) is 5.91 Å². The van der Waals surface area contributed by atoms with Gasteiger partial charge in [-0.05, 0) is 42.3 Å². The Kier molecular flexibility index (Phi) is 5.47. The van der Waals surface area contributed by atoms with E-state index < -0.39 is 36.1 Å². The number of rotatable bonds is 3. The fourth-order valence-corrected chi connectivity index (χ4v) is 4.22. The van der Waals surface area contributed by atoms with Crippen molar-refractivity contribution in [3.8, 4) is 6.07 Å². The van der Waals surface area contributed by atoms with E-state index in [1.807, 2.05) is 6.07 Å². The molecule has 1 aromatic heterocycles. The second-order valence-corrected chi connectivity index (χ2v) is 8.16. The minimum Gasteiger partial charge on any atom is -0.295 e. The minimum absolute atomic E-state index is 0.0954. The van der Waals surface area contributed by atoms with Crippen LogP contribution in [0, 0.1) is 24.2 Å². The van der Waals surface area contributed by atoms with Crippen molar-refractivity contribution in [3.05, 3.63) is 63.6 Å². The molecule has 1 aliphatic rings. The number of alkyl halides is 3. The lowest BCUT2D eigenvalue weighted by atomic mass is 10.00. The topological polar surface area (TPSA) is 91.3 Å². The highest BCUT2D eigenvalue weighted by molar-refractivity contribution is 6.07. The molecule has 0 N–H and O–H groups in total. The molecule has 2 aromatic carbocycles. The number of urea groups is 1. The Morgan fingerprint density at radius 2 is 1.74 bits per heavy atom. The summed E-state index contributed by atoms with van der Waals surface area (Å²) in [6.45, 7) is 0.660. The van der Waals surface area contributed by atoms with E-state index in [1.165, 1.54) is 33.1 Å². The van der Waals surface area contributed by atoms with Gasteiger partial charge in [0.1, 0.15) is 5.92 Å². The molecule has 0 radical (unpaired) electrons. The first kappa shape index (κ1) is 23.1. The van der Waals surface area contributed by atoms with Crippen LogP contribution in [0.3, 0.4) is 0 Å². The molecule has 1 fully saturated rings. The largest absolute Gasteiger partial charge is 0.416 e. The molecule has 0 spiro atoms. The number of hydrogen-bond donors (Lipinski definition) is 0. The quantitative estimate of drug-likeness (QED) is 0.586. The van der Waals surface area contributed by atoms with Crippen molar-refractivity contribution in [3.63, 3.8) is 0 Å². The molecular formula is C23H20F3N5O3. The van der Waals surface area contributed by atoms with E-state index in [9.17, 15) is 32.8 Å². The van der Waals surface area contributed by atoms with Crippen LogP contribution >= 0.6 is 0 Å². The zero-order valence-corrected chi connectivity index (χ0v) is 18.6. The molecule has 1 saturated heterocycles. The van der Waals surface area contributed by atoms with Gasteiger partial charge in [-0.1, -0.05) is 12.1 Å². The Bertz CT molecular complexity index is 1430. The summed E-state index contributed by atoms with van der Waals surface area (Å²) < 4.78 is 42.8. The van der Waals surface area contributed by atoms with Crippen molar-refractivity contribution in [2.45, 2.75) is 19.6 Å². The SMILES string of the molecule is Cc1c(CN2C(=O)C(C#N)CN(c3ccc4c(c3)n(C)c(=O)n4C)C2=O)cccc1C(F)(F)F. The number of halogens is 3. The molecule has 11 heteroatoms. The molecular weight excluding hydrogens is 451 g/mol. The summed E-state index contributed by atoms with van der Waals surface area (Å²) >= 11 is 0. The lowest BCUT2D eigenvalue weighted by molar-refractivity contribution is -0.138. The fourth-order valence-electron chi connectivity index (χ4n) is 4.22. The van der Waals surface area contributed by atoms with Crippen molar-refractivity contribution < 1.29 is 22.8 Å². The highest BCUT2D eigenvalue weighted by Gasteiger charge is 2.41. The Balaban J connectivity index is 1.75. The molecule has 4 rings (SSSR count). The van der Waals surface area contributed by atoms with Crippen molar-refractivity contribution >= 4 is 28.7 Å². The zero-order chi connectivity index (χ0) is 24.9. The maximum atomic E-state index is 13.3. The smallest absolute Gasteiger partial charge is 0.295 e. The zero-order valence-electron chi connectivity index (χ0n) is 18.6. The number of carbonyl (C=O) groups is 2. The monoisotopic (exact) mass is 471 g/mol. The molecule has 0 bridgehead atoms. The average molecular weight is 471 g/mol. The van der Waals surface area contributed by atoms with Crippen LogP contribution in [-0.2, 0) is 31.6 Å². The normalized spacial score (nSPS) is 16.9. The number of hydrogen-bond acceptors (Lipinski definition) is 4. The van der Waals surface area contributed by atoms with Gasteiger partial charge in [0.25, 0.3) is 0 Å². The lowest BCUT2D eigenvalue weighted by Gasteiger charge is -2.36. The highest BCUT2D eigenvalue weighted by Crippen LogP contribution is 2.34. The predicted molar refractivity (Wildman–Crippen MR) is 117 cm³/mol. The van der Waals surface area contributed by atoms with Gasteiger partial charge in [-0.25, -0.2) is 9.59 Å². The number of carbonyl (C=O) groups excluding carboxylic acids is 2. The summed E-state index contributed by atoms with van der Waals surface area (Å²) in [6.07, 6.45) is -4.59. The minimum atomic E-state index is -4.59. The molecule has 2 heterocycles. The third-order valence-electron chi connectivity index (χ3n) is 6.19. The molecule has 176 valence electrons. The van der Waals surface area contributed by atoms with E-state index in [-0.39, 0.29) is 23.4 Å². The van der Waals surface area contributed by atoms with Gasteiger partial charge in [-0.15, -0.1) is 0 Å². The van der Waals surface area contributed by atoms with Crippen LogP contribution < -0.4 is 10.6 Å². The Labute approximate surface area is 192 Å². The van der Waals surface area contributed by atoms with Crippen molar-refractivity contribution in [1.29, 1.82) is 5.26 Å². The summed E-state index contributed by atoms with van der Waals surface area (Å²) in [5, 5.41) is 9.52. The molecule has 0 saturated carbocycles. The summed E-state index contributed by atoms with van der Waals surface area (Å²) in [6, 6.07) is 9.53. The maximum Gasteiger partial charge on any atom is 0.416 e.